The Morgan fingerprint density at radius 3 is 2.48 bits per heavy atom. The third-order valence-corrected chi connectivity index (χ3v) is 3.24. The summed E-state index contributed by atoms with van der Waals surface area (Å²) in [7, 11) is 0. The minimum Gasteiger partial charge on any atom is -0.314 e. The molecular formula is C17H17ClN2O. The molecule has 0 fully saturated rings. The zero-order valence-corrected chi connectivity index (χ0v) is 12.7. The number of aryl methyl sites for hydroxylation is 2. The molecule has 21 heavy (non-hydrogen) atoms. The van der Waals surface area contributed by atoms with Crippen molar-refractivity contribution in [2.24, 2.45) is 0 Å². The van der Waals surface area contributed by atoms with E-state index >= 15 is 0 Å². The van der Waals surface area contributed by atoms with Gasteiger partial charge in [0.25, 0.3) is 0 Å². The van der Waals surface area contributed by atoms with E-state index in [2.05, 4.69) is 10.6 Å². The van der Waals surface area contributed by atoms with Crippen molar-refractivity contribution in [3.05, 3.63) is 70.4 Å². The highest BCUT2D eigenvalue weighted by Gasteiger charge is 2.02. The summed E-state index contributed by atoms with van der Waals surface area (Å²) < 4.78 is 0. The van der Waals surface area contributed by atoms with E-state index in [1.807, 2.05) is 44.2 Å². The van der Waals surface area contributed by atoms with Crippen LogP contribution < -0.4 is 10.6 Å². The Kier molecular flexibility index (Phi) is 5.01. The number of benzene rings is 2. The molecule has 0 heterocycles. The van der Waals surface area contributed by atoms with Crippen molar-refractivity contribution in [3.63, 3.8) is 0 Å². The third kappa shape index (κ3) is 4.65. The van der Waals surface area contributed by atoms with E-state index in [1.165, 1.54) is 5.56 Å². The molecule has 0 saturated carbocycles. The maximum absolute atomic E-state index is 11.8. The van der Waals surface area contributed by atoms with E-state index in [9.17, 15) is 4.79 Å². The van der Waals surface area contributed by atoms with Crippen LogP contribution in [0.25, 0.3) is 6.08 Å². The van der Waals surface area contributed by atoms with E-state index < -0.39 is 0 Å². The average molecular weight is 301 g/mol. The fourth-order valence-corrected chi connectivity index (χ4v) is 2.03. The predicted octanol–water partition coefficient (Wildman–Crippen LogP) is 4.75. The molecule has 0 saturated heterocycles. The van der Waals surface area contributed by atoms with E-state index in [1.54, 1.807) is 24.4 Å². The van der Waals surface area contributed by atoms with Crippen LogP contribution in [0.2, 0.25) is 5.02 Å². The Morgan fingerprint density at radius 1 is 1.10 bits per heavy atom. The molecule has 0 atom stereocenters. The second-order valence-electron chi connectivity index (χ2n) is 4.80. The Morgan fingerprint density at radius 2 is 1.81 bits per heavy atom. The lowest BCUT2D eigenvalue weighted by molar-refractivity contribution is 0.255. The number of hydrogen-bond acceptors (Lipinski definition) is 1. The average Bonchev–Trinajstić information content (AvgIpc) is 2.44. The number of nitrogens with one attached hydrogen (secondary N) is 2. The molecule has 0 aromatic heterocycles. The van der Waals surface area contributed by atoms with E-state index in [-0.39, 0.29) is 6.03 Å². The molecule has 0 bridgehead atoms. The largest absolute Gasteiger partial charge is 0.323 e. The summed E-state index contributed by atoms with van der Waals surface area (Å²) >= 11 is 5.81. The molecule has 0 aliphatic carbocycles. The minimum absolute atomic E-state index is 0.271. The lowest BCUT2D eigenvalue weighted by Gasteiger charge is -2.08. The first-order chi connectivity index (χ1) is 10.0. The standard InChI is InChI=1S/C17H17ClN2O/c1-12-3-8-16(13(2)11-12)20-17(21)19-10-9-14-4-6-15(18)7-5-14/h3-11H,1-2H3,(H2,19,20,21)/b10-9+. The van der Waals surface area contributed by atoms with Gasteiger partial charge in [-0.1, -0.05) is 41.4 Å². The summed E-state index contributed by atoms with van der Waals surface area (Å²) in [5, 5.41) is 6.17. The lowest BCUT2D eigenvalue weighted by Crippen LogP contribution is -2.24. The Hall–Kier alpha value is -2.26. The first-order valence-corrected chi connectivity index (χ1v) is 6.99. The molecule has 2 amide bonds. The molecule has 2 N–H and O–H groups in total. The molecule has 0 unspecified atom stereocenters. The monoisotopic (exact) mass is 300 g/mol. The maximum atomic E-state index is 11.8. The van der Waals surface area contributed by atoms with Crippen LogP contribution in [0.15, 0.2) is 48.7 Å². The Balaban J connectivity index is 1.91. The van der Waals surface area contributed by atoms with Crippen molar-refractivity contribution in [1.29, 1.82) is 0 Å². The fourth-order valence-electron chi connectivity index (χ4n) is 1.90. The number of carbonyl (C=O) groups excluding carboxylic acids is 1. The van der Waals surface area contributed by atoms with Gasteiger partial charge in [-0.3, -0.25) is 0 Å². The highest BCUT2D eigenvalue weighted by molar-refractivity contribution is 6.30. The lowest BCUT2D eigenvalue weighted by atomic mass is 10.1. The van der Waals surface area contributed by atoms with Crippen LogP contribution in [0.1, 0.15) is 16.7 Å². The van der Waals surface area contributed by atoms with Crippen LogP contribution in [0.3, 0.4) is 0 Å². The summed E-state index contributed by atoms with van der Waals surface area (Å²) in [6, 6.07) is 13.0. The summed E-state index contributed by atoms with van der Waals surface area (Å²) in [5.41, 5.74) is 3.97. The molecule has 108 valence electrons. The van der Waals surface area contributed by atoms with Gasteiger partial charge in [-0.25, -0.2) is 4.79 Å². The molecule has 4 heteroatoms. The molecule has 0 spiro atoms. The summed E-state index contributed by atoms with van der Waals surface area (Å²) in [6.45, 7) is 3.98. The first-order valence-electron chi connectivity index (χ1n) is 6.61. The van der Waals surface area contributed by atoms with Crippen molar-refractivity contribution in [1.82, 2.24) is 5.32 Å². The second kappa shape index (κ2) is 6.95. The van der Waals surface area contributed by atoms with Gasteiger partial charge in [-0.2, -0.15) is 0 Å². The maximum Gasteiger partial charge on any atom is 0.323 e. The van der Waals surface area contributed by atoms with Crippen molar-refractivity contribution < 1.29 is 4.79 Å². The highest BCUT2D eigenvalue weighted by atomic mass is 35.5. The van der Waals surface area contributed by atoms with Gasteiger partial charge in [-0.15, -0.1) is 0 Å². The van der Waals surface area contributed by atoms with Crippen LogP contribution in [0, 0.1) is 13.8 Å². The van der Waals surface area contributed by atoms with E-state index in [4.69, 9.17) is 11.6 Å². The number of rotatable bonds is 3. The topological polar surface area (TPSA) is 41.1 Å². The number of carbonyl (C=O) groups is 1. The van der Waals surface area contributed by atoms with Gasteiger partial charge in [0.05, 0.1) is 0 Å². The first kappa shape index (κ1) is 15.1. The van der Waals surface area contributed by atoms with Crippen molar-refractivity contribution in [2.75, 3.05) is 5.32 Å². The van der Waals surface area contributed by atoms with Crippen LogP contribution in [0.4, 0.5) is 10.5 Å². The normalized spacial score (nSPS) is 10.6. The van der Waals surface area contributed by atoms with Gasteiger partial charge in [0.1, 0.15) is 0 Å². The Labute approximate surface area is 129 Å². The molecule has 0 radical (unpaired) electrons. The van der Waals surface area contributed by atoms with Crippen LogP contribution in [-0.2, 0) is 0 Å². The van der Waals surface area contributed by atoms with Gasteiger partial charge >= 0.3 is 6.03 Å². The zero-order chi connectivity index (χ0) is 15.2. The van der Waals surface area contributed by atoms with Gasteiger partial charge in [0.15, 0.2) is 0 Å². The third-order valence-electron chi connectivity index (χ3n) is 2.99. The van der Waals surface area contributed by atoms with Gasteiger partial charge in [-0.05, 0) is 49.2 Å². The van der Waals surface area contributed by atoms with Crippen molar-refractivity contribution in [3.8, 4) is 0 Å². The van der Waals surface area contributed by atoms with Crippen molar-refractivity contribution >= 4 is 29.4 Å². The molecule has 0 aliphatic rings. The molecule has 0 aliphatic heterocycles. The van der Waals surface area contributed by atoms with Gasteiger partial charge in [0.2, 0.25) is 0 Å². The van der Waals surface area contributed by atoms with E-state index in [0.717, 1.165) is 16.8 Å². The fraction of sp³-hybridized carbons (Fsp3) is 0.118. The summed E-state index contributed by atoms with van der Waals surface area (Å²) in [5.74, 6) is 0. The van der Waals surface area contributed by atoms with Gasteiger partial charge in [0, 0.05) is 16.9 Å². The minimum atomic E-state index is -0.271. The van der Waals surface area contributed by atoms with Crippen LogP contribution >= 0.6 is 11.6 Å². The van der Waals surface area contributed by atoms with Crippen molar-refractivity contribution in [2.45, 2.75) is 13.8 Å². The van der Waals surface area contributed by atoms with E-state index in [0.29, 0.717) is 5.02 Å². The quantitative estimate of drug-likeness (QED) is 0.844. The zero-order valence-electron chi connectivity index (χ0n) is 12.0. The molecule has 2 aromatic rings. The molecule has 2 aromatic carbocycles. The second-order valence-corrected chi connectivity index (χ2v) is 5.24. The SMILES string of the molecule is Cc1ccc(NC(=O)N/C=C/c2ccc(Cl)cc2)c(C)c1. The number of hydrogen-bond donors (Lipinski definition) is 2. The number of amides is 2. The summed E-state index contributed by atoms with van der Waals surface area (Å²) in [4.78, 5) is 11.8. The summed E-state index contributed by atoms with van der Waals surface area (Å²) in [6.07, 6.45) is 3.40. The van der Waals surface area contributed by atoms with Crippen LogP contribution in [0.5, 0.6) is 0 Å². The highest BCUT2D eigenvalue weighted by Crippen LogP contribution is 2.15. The van der Waals surface area contributed by atoms with Gasteiger partial charge < -0.3 is 10.6 Å². The van der Waals surface area contributed by atoms with Crippen LogP contribution in [-0.4, -0.2) is 6.03 Å². The Bertz CT molecular complexity index is 663. The molecule has 2 rings (SSSR count). The smallest absolute Gasteiger partial charge is 0.314 e. The molecule has 3 nitrogen and oxygen atoms in total. The predicted molar refractivity (Wildman–Crippen MR) is 88.6 cm³/mol. The number of urea groups is 1. The molecular weight excluding hydrogens is 284 g/mol. The number of halogens is 1. The number of anilines is 1.